The van der Waals surface area contributed by atoms with Gasteiger partial charge in [0.05, 0.1) is 0 Å². The summed E-state index contributed by atoms with van der Waals surface area (Å²) in [7, 11) is 1.94. The second-order valence-electron chi connectivity index (χ2n) is 5.84. The molecule has 1 amide bonds. The third kappa shape index (κ3) is 5.78. The zero-order valence-corrected chi connectivity index (χ0v) is 11.2. The Morgan fingerprint density at radius 1 is 1.13 bits per heavy atom. The molecule has 0 aliphatic heterocycles. The van der Waals surface area contributed by atoms with Gasteiger partial charge < -0.3 is 10.6 Å². The van der Waals surface area contributed by atoms with Crippen LogP contribution in [0.5, 0.6) is 0 Å². The largest absolute Gasteiger partial charge is 0.351 e. The van der Waals surface area contributed by atoms with Crippen LogP contribution in [0.2, 0.25) is 0 Å². The summed E-state index contributed by atoms with van der Waals surface area (Å²) >= 11 is 0. The van der Waals surface area contributed by atoms with E-state index >= 15 is 0 Å². The first kappa shape index (κ1) is 14.4. The van der Waals surface area contributed by atoms with E-state index in [0.29, 0.717) is 0 Å². The van der Waals surface area contributed by atoms with Crippen LogP contribution in [0.15, 0.2) is 0 Å². The van der Waals surface area contributed by atoms with E-state index in [0.717, 1.165) is 6.42 Å². The fourth-order valence-corrected chi connectivity index (χ4v) is 1.72. The van der Waals surface area contributed by atoms with Crippen LogP contribution in [0.25, 0.3) is 0 Å². The monoisotopic (exact) mass is 214 g/mol. The Labute approximate surface area is 94.0 Å². The molecule has 0 saturated carbocycles. The Bertz CT molecular complexity index is 220. The van der Waals surface area contributed by atoms with E-state index in [9.17, 15) is 4.79 Å². The maximum Gasteiger partial charge on any atom is 0.222 e. The molecular formula is C12H26N2O. The molecule has 90 valence electrons. The second kappa shape index (κ2) is 4.97. The van der Waals surface area contributed by atoms with Gasteiger partial charge in [-0.15, -0.1) is 0 Å². The zero-order chi connectivity index (χ0) is 12.3. The quantitative estimate of drug-likeness (QED) is 0.734. The van der Waals surface area contributed by atoms with Crippen molar-refractivity contribution in [2.75, 3.05) is 7.05 Å². The molecular weight excluding hydrogens is 188 g/mol. The normalized spacial score (nSPS) is 13.1. The van der Waals surface area contributed by atoms with Crippen LogP contribution < -0.4 is 10.6 Å². The molecule has 2 N–H and O–H groups in total. The van der Waals surface area contributed by atoms with Crippen molar-refractivity contribution in [2.45, 2.75) is 59.0 Å². The van der Waals surface area contributed by atoms with E-state index in [2.05, 4.69) is 38.3 Å². The molecule has 0 atom stereocenters. The molecule has 0 heterocycles. The van der Waals surface area contributed by atoms with Crippen molar-refractivity contribution in [3.63, 3.8) is 0 Å². The number of amides is 1. The van der Waals surface area contributed by atoms with Crippen LogP contribution in [0.4, 0.5) is 0 Å². The fraction of sp³-hybridized carbons (Fsp3) is 0.917. The van der Waals surface area contributed by atoms with Gasteiger partial charge in [-0.05, 0) is 41.2 Å². The third-order valence-corrected chi connectivity index (χ3v) is 2.55. The molecule has 0 unspecified atom stereocenters. The predicted molar refractivity (Wildman–Crippen MR) is 64.8 cm³/mol. The van der Waals surface area contributed by atoms with E-state index in [1.807, 2.05) is 20.9 Å². The molecule has 0 aliphatic rings. The lowest BCUT2D eigenvalue weighted by molar-refractivity contribution is -0.125. The number of hydrogen-bond donors (Lipinski definition) is 2. The van der Waals surface area contributed by atoms with Crippen molar-refractivity contribution in [1.29, 1.82) is 0 Å². The van der Waals surface area contributed by atoms with Crippen molar-refractivity contribution in [3.05, 3.63) is 0 Å². The molecule has 0 aliphatic carbocycles. The Kier molecular flexibility index (Phi) is 4.78. The highest BCUT2D eigenvalue weighted by molar-refractivity contribution is 5.78. The molecule has 0 spiro atoms. The van der Waals surface area contributed by atoms with E-state index in [4.69, 9.17) is 0 Å². The molecule has 0 fully saturated rings. The maximum absolute atomic E-state index is 11.6. The molecule has 3 heteroatoms. The summed E-state index contributed by atoms with van der Waals surface area (Å²) in [6.45, 7) is 12.2. The van der Waals surface area contributed by atoms with E-state index in [1.54, 1.807) is 0 Å². The Morgan fingerprint density at radius 2 is 1.60 bits per heavy atom. The van der Waals surface area contributed by atoms with Crippen LogP contribution in [0, 0.1) is 5.92 Å². The lowest BCUT2D eigenvalue weighted by Gasteiger charge is -2.36. The summed E-state index contributed by atoms with van der Waals surface area (Å²) in [4.78, 5) is 11.6. The fourth-order valence-electron chi connectivity index (χ4n) is 1.72. The van der Waals surface area contributed by atoms with Crippen molar-refractivity contribution < 1.29 is 4.79 Å². The summed E-state index contributed by atoms with van der Waals surface area (Å²) in [5.41, 5.74) is -0.137. The molecule has 0 saturated heterocycles. The summed E-state index contributed by atoms with van der Waals surface area (Å²) < 4.78 is 0. The van der Waals surface area contributed by atoms with Gasteiger partial charge in [0.15, 0.2) is 0 Å². The first-order valence-electron chi connectivity index (χ1n) is 5.60. The zero-order valence-electron chi connectivity index (χ0n) is 11.2. The van der Waals surface area contributed by atoms with E-state index < -0.39 is 0 Å². The molecule has 0 bridgehead atoms. The number of carbonyl (C=O) groups excluding carboxylic acids is 1. The minimum absolute atomic E-state index is 0.0355. The summed E-state index contributed by atoms with van der Waals surface area (Å²) in [6, 6.07) is 0. The smallest absolute Gasteiger partial charge is 0.222 e. The van der Waals surface area contributed by atoms with Gasteiger partial charge in [0, 0.05) is 17.0 Å². The lowest BCUT2D eigenvalue weighted by atomic mass is 9.86. The standard InChI is InChI=1S/C12H26N2O/c1-9(2)10(15)14-12(5,6)8-11(3,4)13-7/h9,13H,8H2,1-7H3,(H,14,15). The van der Waals surface area contributed by atoms with Crippen LogP contribution in [-0.2, 0) is 4.79 Å². The van der Waals surface area contributed by atoms with Crippen LogP contribution in [-0.4, -0.2) is 24.0 Å². The van der Waals surface area contributed by atoms with Gasteiger partial charge in [0.1, 0.15) is 0 Å². The van der Waals surface area contributed by atoms with Gasteiger partial charge in [-0.2, -0.15) is 0 Å². The second-order valence-corrected chi connectivity index (χ2v) is 5.84. The Morgan fingerprint density at radius 3 is 1.93 bits per heavy atom. The average Bonchev–Trinajstić information content (AvgIpc) is 2.01. The van der Waals surface area contributed by atoms with Crippen LogP contribution in [0.1, 0.15) is 48.0 Å². The molecule has 0 aromatic rings. The van der Waals surface area contributed by atoms with E-state index in [-0.39, 0.29) is 22.9 Å². The van der Waals surface area contributed by atoms with Gasteiger partial charge in [0.25, 0.3) is 0 Å². The highest BCUT2D eigenvalue weighted by Crippen LogP contribution is 2.19. The highest BCUT2D eigenvalue weighted by atomic mass is 16.2. The van der Waals surface area contributed by atoms with Gasteiger partial charge >= 0.3 is 0 Å². The van der Waals surface area contributed by atoms with Gasteiger partial charge in [0.2, 0.25) is 5.91 Å². The lowest BCUT2D eigenvalue weighted by Crippen LogP contribution is -2.52. The maximum atomic E-state index is 11.6. The minimum atomic E-state index is -0.173. The Hall–Kier alpha value is -0.570. The summed E-state index contributed by atoms with van der Waals surface area (Å²) in [6.07, 6.45) is 0.898. The van der Waals surface area contributed by atoms with Gasteiger partial charge in [-0.25, -0.2) is 0 Å². The molecule has 0 aromatic heterocycles. The Balaban J connectivity index is 4.37. The molecule has 0 rings (SSSR count). The molecule has 15 heavy (non-hydrogen) atoms. The summed E-state index contributed by atoms with van der Waals surface area (Å²) in [5, 5.41) is 6.32. The SMILES string of the molecule is CNC(C)(C)CC(C)(C)NC(=O)C(C)C. The van der Waals surface area contributed by atoms with E-state index in [1.165, 1.54) is 0 Å². The summed E-state index contributed by atoms with van der Waals surface area (Å²) in [5.74, 6) is 0.161. The average molecular weight is 214 g/mol. The minimum Gasteiger partial charge on any atom is -0.351 e. The topological polar surface area (TPSA) is 41.1 Å². The number of nitrogens with one attached hydrogen (secondary N) is 2. The van der Waals surface area contributed by atoms with Crippen molar-refractivity contribution >= 4 is 5.91 Å². The first-order chi connectivity index (χ1) is 6.59. The van der Waals surface area contributed by atoms with Gasteiger partial charge in [-0.3, -0.25) is 4.79 Å². The number of carbonyl (C=O) groups is 1. The highest BCUT2D eigenvalue weighted by Gasteiger charge is 2.29. The molecule has 0 aromatic carbocycles. The number of hydrogen-bond acceptors (Lipinski definition) is 2. The van der Waals surface area contributed by atoms with Crippen molar-refractivity contribution in [2.24, 2.45) is 5.92 Å². The van der Waals surface area contributed by atoms with Crippen molar-refractivity contribution in [3.8, 4) is 0 Å². The third-order valence-electron chi connectivity index (χ3n) is 2.55. The van der Waals surface area contributed by atoms with Gasteiger partial charge in [-0.1, -0.05) is 13.8 Å². The van der Waals surface area contributed by atoms with Crippen molar-refractivity contribution in [1.82, 2.24) is 10.6 Å². The molecule has 3 nitrogen and oxygen atoms in total. The first-order valence-corrected chi connectivity index (χ1v) is 5.60. The van der Waals surface area contributed by atoms with Crippen LogP contribution >= 0.6 is 0 Å². The van der Waals surface area contributed by atoms with Crippen LogP contribution in [0.3, 0.4) is 0 Å². The number of rotatable bonds is 5. The predicted octanol–water partition coefficient (Wildman–Crippen LogP) is 1.93. The molecule has 0 radical (unpaired) electrons.